The number of halogens is 2. The maximum absolute atomic E-state index is 5.90. The van der Waals surface area contributed by atoms with Crippen LogP contribution in [0.25, 0.3) is 0 Å². The van der Waals surface area contributed by atoms with E-state index in [1.165, 1.54) is 0 Å². The number of hydrogen-bond acceptors (Lipinski definition) is 2. The van der Waals surface area contributed by atoms with Gasteiger partial charge in [-0.3, -0.25) is 0 Å². The molecule has 1 atom stereocenters. The molecule has 4 heteroatoms. The quantitative estimate of drug-likeness (QED) is 0.739. The number of thiol groups is 1. The molecule has 0 spiro atoms. The van der Waals surface area contributed by atoms with Crippen molar-refractivity contribution in [2.45, 2.75) is 6.04 Å². The van der Waals surface area contributed by atoms with Crippen molar-refractivity contribution in [2.75, 3.05) is 5.75 Å². The van der Waals surface area contributed by atoms with Crippen molar-refractivity contribution in [3.05, 3.63) is 33.8 Å². The van der Waals surface area contributed by atoms with Gasteiger partial charge in [0.2, 0.25) is 0 Å². The van der Waals surface area contributed by atoms with Gasteiger partial charge in [0.15, 0.2) is 0 Å². The van der Waals surface area contributed by atoms with Crippen molar-refractivity contribution in [3.63, 3.8) is 0 Å². The molecule has 1 rings (SSSR count). The molecular weight excluding hydrogens is 213 g/mol. The third-order valence-electron chi connectivity index (χ3n) is 1.56. The Morgan fingerprint density at radius 3 is 2.58 bits per heavy atom. The summed E-state index contributed by atoms with van der Waals surface area (Å²) in [5, 5.41) is 1.22. The molecule has 66 valence electrons. The minimum atomic E-state index is -0.127. The summed E-state index contributed by atoms with van der Waals surface area (Å²) >= 11 is 15.7. The molecule has 1 aromatic rings. The van der Waals surface area contributed by atoms with Gasteiger partial charge in [0.25, 0.3) is 0 Å². The first kappa shape index (κ1) is 10.2. The molecular formula is C8H9Cl2NS. The predicted molar refractivity (Wildman–Crippen MR) is 57.2 cm³/mol. The summed E-state index contributed by atoms with van der Waals surface area (Å²) < 4.78 is 0. The lowest BCUT2D eigenvalue weighted by molar-refractivity contribution is 0.834. The lowest BCUT2D eigenvalue weighted by Crippen LogP contribution is -2.11. The normalized spacial score (nSPS) is 13.0. The molecule has 12 heavy (non-hydrogen) atoms. The number of nitrogens with two attached hydrogens (primary N) is 1. The van der Waals surface area contributed by atoms with Crippen molar-refractivity contribution in [2.24, 2.45) is 5.73 Å². The van der Waals surface area contributed by atoms with E-state index < -0.39 is 0 Å². The van der Waals surface area contributed by atoms with E-state index in [2.05, 4.69) is 12.6 Å². The highest BCUT2D eigenvalue weighted by molar-refractivity contribution is 7.80. The number of benzene rings is 1. The molecule has 1 nitrogen and oxygen atoms in total. The fourth-order valence-electron chi connectivity index (χ4n) is 0.901. The van der Waals surface area contributed by atoms with E-state index in [0.717, 1.165) is 5.56 Å². The largest absolute Gasteiger partial charge is 0.323 e. The zero-order valence-corrected chi connectivity index (χ0v) is 8.70. The Hall–Kier alpha value is 0.110. The zero-order valence-electron chi connectivity index (χ0n) is 6.30. The van der Waals surface area contributed by atoms with Crippen LogP contribution in [0.15, 0.2) is 18.2 Å². The zero-order chi connectivity index (χ0) is 9.14. The Morgan fingerprint density at radius 1 is 1.42 bits per heavy atom. The van der Waals surface area contributed by atoms with Gasteiger partial charge in [0.1, 0.15) is 0 Å². The maximum atomic E-state index is 5.90. The fraction of sp³-hybridized carbons (Fsp3) is 0.250. The summed E-state index contributed by atoms with van der Waals surface area (Å²) in [7, 11) is 0. The van der Waals surface area contributed by atoms with Gasteiger partial charge in [0, 0.05) is 21.8 Å². The summed E-state index contributed by atoms with van der Waals surface area (Å²) in [6.07, 6.45) is 0. The number of rotatable bonds is 2. The van der Waals surface area contributed by atoms with E-state index >= 15 is 0 Å². The highest BCUT2D eigenvalue weighted by atomic mass is 35.5. The fourth-order valence-corrected chi connectivity index (χ4v) is 1.65. The van der Waals surface area contributed by atoms with Gasteiger partial charge in [0.05, 0.1) is 0 Å². The van der Waals surface area contributed by atoms with Crippen molar-refractivity contribution in [1.29, 1.82) is 0 Å². The Labute approximate surface area is 87.3 Å². The molecule has 0 saturated heterocycles. The van der Waals surface area contributed by atoms with Crippen molar-refractivity contribution >= 4 is 35.8 Å². The summed E-state index contributed by atoms with van der Waals surface area (Å²) in [4.78, 5) is 0. The third-order valence-corrected chi connectivity index (χ3v) is 2.51. The maximum Gasteiger partial charge on any atom is 0.0468 e. The van der Waals surface area contributed by atoms with Crippen LogP contribution in [-0.2, 0) is 0 Å². The molecule has 0 amide bonds. The molecule has 1 unspecified atom stereocenters. The minimum Gasteiger partial charge on any atom is -0.323 e. The second-order valence-corrected chi connectivity index (χ2v) is 3.66. The van der Waals surface area contributed by atoms with Gasteiger partial charge in [-0.15, -0.1) is 0 Å². The highest BCUT2D eigenvalue weighted by Crippen LogP contribution is 2.25. The van der Waals surface area contributed by atoms with Crippen LogP contribution in [0, 0.1) is 0 Å². The Bertz CT molecular complexity index is 278. The molecule has 0 saturated carbocycles. The van der Waals surface area contributed by atoms with Crippen LogP contribution in [0.2, 0.25) is 10.0 Å². The van der Waals surface area contributed by atoms with Crippen molar-refractivity contribution < 1.29 is 0 Å². The Kier molecular flexibility index (Phi) is 3.72. The first-order valence-corrected chi connectivity index (χ1v) is 4.85. The smallest absolute Gasteiger partial charge is 0.0468 e. The lowest BCUT2D eigenvalue weighted by Gasteiger charge is -2.10. The molecule has 2 N–H and O–H groups in total. The molecule has 0 aromatic heterocycles. The minimum absolute atomic E-state index is 0.127. The Balaban J connectivity index is 3.01. The first-order chi connectivity index (χ1) is 5.65. The van der Waals surface area contributed by atoms with Crippen LogP contribution in [-0.4, -0.2) is 5.75 Å². The second-order valence-electron chi connectivity index (χ2n) is 2.45. The first-order valence-electron chi connectivity index (χ1n) is 3.46. The Morgan fingerprint density at radius 2 is 2.08 bits per heavy atom. The standard InChI is InChI=1S/C8H9Cl2NS/c9-5-1-2-6(7(10)3-5)8(11)4-12/h1-3,8,12H,4,11H2. The van der Waals surface area contributed by atoms with Gasteiger partial charge in [-0.05, 0) is 17.7 Å². The van der Waals surface area contributed by atoms with E-state index in [0.29, 0.717) is 15.8 Å². The average Bonchev–Trinajstić information content (AvgIpc) is 2.03. The summed E-state index contributed by atoms with van der Waals surface area (Å²) in [5.74, 6) is 0.571. The average molecular weight is 222 g/mol. The molecule has 0 bridgehead atoms. The number of hydrogen-bond donors (Lipinski definition) is 2. The van der Waals surface area contributed by atoms with Crippen LogP contribution in [0.5, 0.6) is 0 Å². The second kappa shape index (κ2) is 4.38. The molecule has 0 aliphatic rings. The third kappa shape index (κ3) is 2.30. The van der Waals surface area contributed by atoms with Gasteiger partial charge >= 0.3 is 0 Å². The molecule has 0 radical (unpaired) electrons. The highest BCUT2D eigenvalue weighted by Gasteiger charge is 2.07. The monoisotopic (exact) mass is 221 g/mol. The van der Waals surface area contributed by atoms with Crippen LogP contribution in [0.3, 0.4) is 0 Å². The lowest BCUT2D eigenvalue weighted by atomic mass is 10.1. The van der Waals surface area contributed by atoms with E-state index in [4.69, 9.17) is 28.9 Å². The summed E-state index contributed by atoms with van der Waals surface area (Å²) in [5.41, 5.74) is 6.63. The SMILES string of the molecule is NC(CS)c1ccc(Cl)cc1Cl. The molecule has 0 aliphatic carbocycles. The predicted octanol–water partition coefficient (Wildman–Crippen LogP) is 2.92. The summed E-state index contributed by atoms with van der Waals surface area (Å²) in [6.45, 7) is 0. The molecule has 1 aromatic carbocycles. The van der Waals surface area contributed by atoms with Crippen LogP contribution in [0.1, 0.15) is 11.6 Å². The van der Waals surface area contributed by atoms with E-state index in [9.17, 15) is 0 Å². The van der Waals surface area contributed by atoms with Crippen LogP contribution < -0.4 is 5.73 Å². The van der Waals surface area contributed by atoms with E-state index in [1.807, 2.05) is 6.07 Å². The van der Waals surface area contributed by atoms with Crippen molar-refractivity contribution in [3.8, 4) is 0 Å². The topological polar surface area (TPSA) is 26.0 Å². The van der Waals surface area contributed by atoms with Gasteiger partial charge in [-0.25, -0.2) is 0 Å². The van der Waals surface area contributed by atoms with E-state index in [-0.39, 0.29) is 6.04 Å². The molecule has 0 aliphatic heterocycles. The molecule has 0 heterocycles. The van der Waals surface area contributed by atoms with Gasteiger partial charge in [-0.2, -0.15) is 12.6 Å². The van der Waals surface area contributed by atoms with Crippen LogP contribution >= 0.6 is 35.8 Å². The van der Waals surface area contributed by atoms with Crippen LogP contribution in [0.4, 0.5) is 0 Å². The van der Waals surface area contributed by atoms with Crippen molar-refractivity contribution in [1.82, 2.24) is 0 Å². The molecule has 0 fully saturated rings. The van der Waals surface area contributed by atoms with E-state index in [1.54, 1.807) is 12.1 Å². The van der Waals surface area contributed by atoms with Gasteiger partial charge in [-0.1, -0.05) is 29.3 Å². The summed E-state index contributed by atoms with van der Waals surface area (Å²) in [6, 6.07) is 5.15. The van der Waals surface area contributed by atoms with Gasteiger partial charge < -0.3 is 5.73 Å².